The number of aliphatic hydroxyl groups excluding tert-OH is 2. The number of hydrogen-bond acceptors (Lipinski definition) is 16. The molecule has 57 heavy (non-hydrogen) atoms. The molecule has 3 N–H and O–H groups in total. The van der Waals surface area contributed by atoms with Gasteiger partial charge in [0, 0.05) is 39.7 Å². The lowest BCUT2D eigenvalue weighted by molar-refractivity contribution is -0.344. The number of carbonyl (C=O) groups excluding carboxylic acids is 4. The number of aliphatic hydroxyl groups is 3. The maximum absolute atomic E-state index is 13.0. The quantitative estimate of drug-likeness (QED) is 0.147. The summed E-state index contributed by atoms with van der Waals surface area (Å²) in [7, 11) is 4.84. The van der Waals surface area contributed by atoms with Gasteiger partial charge in [-0.3, -0.25) is 14.4 Å². The number of hydrogen-bond donors (Lipinski definition) is 3. The van der Waals surface area contributed by atoms with Gasteiger partial charge in [0.2, 0.25) is 0 Å². The summed E-state index contributed by atoms with van der Waals surface area (Å²) in [5.41, 5.74) is -1.49. The second kappa shape index (κ2) is 22.5. The summed E-state index contributed by atoms with van der Waals surface area (Å²) in [6.07, 6.45) is -3.31. The molecule has 326 valence electrons. The standard InChI is InChI=1S/C41H67NO15/c1-11-15-31(46)55-39-26(5)52-33(22-41(39,7)49)56-36-25(4)53-40(35(48)34(36)42(8)9)57-37-28(18-19-43)20-23(2)30(54-27(6)44)17-14-12-13-16-24(3)51-32(47)21-29(45)38(37)50-10/h12-14,17,19,23-26,28-30,33-40,45,48-49H,11,15-16,18,20-22H2,1-10H3/b13-12+,17-14+/t23-,24-,25-,26+,28+,29-,30+,33+,34-,35-,36-,37+,38+,39+,40+,41-/m1/s1. The highest BCUT2D eigenvalue weighted by Gasteiger charge is 2.52. The van der Waals surface area contributed by atoms with Crippen molar-refractivity contribution in [2.45, 2.75) is 179 Å². The van der Waals surface area contributed by atoms with Crippen LogP contribution in [0.2, 0.25) is 0 Å². The van der Waals surface area contributed by atoms with Crippen molar-refractivity contribution in [3.05, 3.63) is 24.3 Å². The zero-order valence-corrected chi connectivity index (χ0v) is 35.2. The van der Waals surface area contributed by atoms with Crippen LogP contribution in [-0.4, -0.2) is 151 Å². The van der Waals surface area contributed by atoms with Crippen LogP contribution in [-0.2, 0) is 57.1 Å². The lowest BCUT2D eigenvalue weighted by Crippen LogP contribution is -2.66. The van der Waals surface area contributed by atoms with Crippen molar-refractivity contribution in [2.24, 2.45) is 11.8 Å². The number of ether oxygens (including phenoxy) is 8. The Morgan fingerprint density at radius 3 is 2.32 bits per heavy atom. The predicted molar refractivity (Wildman–Crippen MR) is 205 cm³/mol. The van der Waals surface area contributed by atoms with Crippen LogP contribution in [0.4, 0.5) is 0 Å². The molecule has 0 bridgehead atoms. The summed E-state index contributed by atoms with van der Waals surface area (Å²) in [5.74, 6) is -2.66. The molecule has 16 atom stereocenters. The molecule has 0 radical (unpaired) electrons. The summed E-state index contributed by atoms with van der Waals surface area (Å²) in [5, 5.41) is 34.9. The van der Waals surface area contributed by atoms with E-state index in [1.807, 2.05) is 19.9 Å². The average molecular weight is 814 g/mol. The van der Waals surface area contributed by atoms with E-state index in [9.17, 15) is 34.5 Å². The van der Waals surface area contributed by atoms with Crippen LogP contribution >= 0.6 is 0 Å². The zero-order chi connectivity index (χ0) is 42.6. The Hall–Kier alpha value is -2.80. The molecule has 0 unspecified atom stereocenters. The SMILES string of the molecule is CCCC(=O)O[C@H]1[C@H](C)O[C@@H](O[C@H]2[C@H](N(C)C)[C@@H](O)[C@H](O[C@H]3[C@@H](CC=O)C[C@@H](C)[C@@H](OC(C)=O)/C=C/C=C/C[C@@H](C)OC(=O)C[C@@H](O)[C@@H]3OC)O[C@@H]2C)C[C@@]1(C)O. The highest BCUT2D eigenvalue weighted by Crippen LogP contribution is 2.37. The predicted octanol–water partition coefficient (Wildman–Crippen LogP) is 2.77. The molecule has 3 heterocycles. The fraction of sp³-hybridized carbons (Fsp3) is 0.805. The monoisotopic (exact) mass is 813 g/mol. The van der Waals surface area contributed by atoms with Crippen LogP contribution in [0.5, 0.6) is 0 Å². The minimum atomic E-state index is -1.49. The number of nitrogens with zero attached hydrogens (tertiary/aromatic N) is 1. The number of methoxy groups -OCH3 is 1. The van der Waals surface area contributed by atoms with Gasteiger partial charge in [0.25, 0.3) is 0 Å². The Morgan fingerprint density at radius 2 is 1.72 bits per heavy atom. The third-order valence-corrected chi connectivity index (χ3v) is 10.8. The minimum absolute atomic E-state index is 0.0388. The third kappa shape index (κ3) is 13.9. The molecule has 3 aliphatic rings. The van der Waals surface area contributed by atoms with Crippen LogP contribution in [0.1, 0.15) is 93.4 Å². The molecule has 0 aromatic heterocycles. The first kappa shape index (κ1) is 48.6. The molecule has 16 nitrogen and oxygen atoms in total. The molecular weight excluding hydrogens is 746 g/mol. The second-order valence-corrected chi connectivity index (χ2v) is 16.1. The van der Waals surface area contributed by atoms with Crippen molar-refractivity contribution < 1.29 is 72.4 Å². The molecule has 16 heteroatoms. The van der Waals surface area contributed by atoms with Crippen molar-refractivity contribution in [3.63, 3.8) is 0 Å². The Kier molecular flexibility index (Phi) is 19.2. The number of carbonyl (C=O) groups is 4. The molecular formula is C41H67NO15. The van der Waals surface area contributed by atoms with Crippen molar-refractivity contribution >= 4 is 24.2 Å². The Morgan fingerprint density at radius 1 is 1.02 bits per heavy atom. The van der Waals surface area contributed by atoms with Gasteiger partial charge in [-0.05, 0) is 72.5 Å². The first-order valence-electron chi connectivity index (χ1n) is 20.1. The fourth-order valence-corrected chi connectivity index (χ4v) is 7.99. The maximum atomic E-state index is 13.0. The van der Waals surface area contributed by atoms with Crippen molar-refractivity contribution in [3.8, 4) is 0 Å². The molecule has 0 aromatic rings. The topological polar surface area (TPSA) is 206 Å². The second-order valence-electron chi connectivity index (χ2n) is 16.1. The Balaban J connectivity index is 1.96. The number of cyclic esters (lactones) is 1. The number of allylic oxidation sites excluding steroid dienone is 2. The maximum Gasteiger partial charge on any atom is 0.308 e. The van der Waals surface area contributed by atoms with Crippen LogP contribution < -0.4 is 0 Å². The summed E-state index contributed by atoms with van der Waals surface area (Å²) in [4.78, 5) is 51.4. The van der Waals surface area contributed by atoms with E-state index in [0.29, 0.717) is 19.1 Å². The van der Waals surface area contributed by atoms with E-state index in [1.165, 1.54) is 14.0 Å². The Labute approximate surface area is 337 Å². The van der Waals surface area contributed by atoms with Gasteiger partial charge in [0.15, 0.2) is 18.7 Å². The van der Waals surface area contributed by atoms with Crippen molar-refractivity contribution in [2.75, 3.05) is 21.2 Å². The molecule has 3 rings (SSSR count). The van der Waals surface area contributed by atoms with Crippen molar-refractivity contribution in [1.29, 1.82) is 0 Å². The number of rotatable bonds is 12. The van der Waals surface area contributed by atoms with Gasteiger partial charge in [-0.25, -0.2) is 0 Å². The van der Waals surface area contributed by atoms with Gasteiger partial charge in [-0.15, -0.1) is 0 Å². The van der Waals surface area contributed by atoms with Gasteiger partial charge in [0.05, 0.1) is 36.9 Å². The van der Waals surface area contributed by atoms with E-state index in [2.05, 4.69) is 0 Å². The molecule has 2 fully saturated rings. The van der Waals surface area contributed by atoms with Gasteiger partial charge in [0.1, 0.15) is 42.4 Å². The highest BCUT2D eigenvalue weighted by molar-refractivity contribution is 5.70. The van der Waals surface area contributed by atoms with Crippen molar-refractivity contribution in [1.82, 2.24) is 4.90 Å². The van der Waals surface area contributed by atoms with E-state index < -0.39 is 116 Å². The first-order chi connectivity index (χ1) is 26.8. The van der Waals surface area contributed by atoms with E-state index >= 15 is 0 Å². The lowest BCUT2D eigenvalue weighted by Gasteiger charge is -2.50. The molecule has 0 saturated carbocycles. The average Bonchev–Trinajstić information content (AvgIpc) is 3.10. The number of likely N-dealkylation sites (N-methyl/N-ethyl adjacent to an activating group) is 1. The number of aldehydes is 1. The fourth-order valence-electron chi connectivity index (χ4n) is 7.99. The van der Waals surface area contributed by atoms with E-state index in [-0.39, 0.29) is 31.6 Å². The highest BCUT2D eigenvalue weighted by atomic mass is 16.7. The van der Waals surface area contributed by atoms with Gasteiger partial charge < -0.3 is 62.9 Å². The molecule has 0 aromatic carbocycles. The normalized spacial score (nSPS) is 41.1. The molecule has 2 saturated heterocycles. The minimum Gasteiger partial charge on any atom is -0.462 e. The van der Waals surface area contributed by atoms with Crippen LogP contribution in [0.3, 0.4) is 0 Å². The van der Waals surface area contributed by atoms with Gasteiger partial charge >= 0.3 is 17.9 Å². The third-order valence-electron chi connectivity index (χ3n) is 10.8. The van der Waals surface area contributed by atoms with E-state index in [0.717, 1.165) is 0 Å². The molecule has 3 aliphatic heterocycles. The largest absolute Gasteiger partial charge is 0.462 e. The molecule has 0 spiro atoms. The van der Waals surface area contributed by atoms with Crippen LogP contribution in [0.15, 0.2) is 24.3 Å². The number of esters is 3. The van der Waals surface area contributed by atoms with Gasteiger partial charge in [-0.1, -0.05) is 32.1 Å². The lowest BCUT2D eigenvalue weighted by atomic mass is 9.82. The molecule has 0 aliphatic carbocycles. The summed E-state index contributed by atoms with van der Waals surface area (Å²) >= 11 is 0. The summed E-state index contributed by atoms with van der Waals surface area (Å²) < 4.78 is 48.1. The van der Waals surface area contributed by atoms with E-state index in [1.54, 1.807) is 64.9 Å². The van der Waals surface area contributed by atoms with Crippen LogP contribution in [0, 0.1) is 11.8 Å². The van der Waals surface area contributed by atoms with Gasteiger partial charge in [-0.2, -0.15) is 0 Å². The van der Waals surface area contributed by atoms with E-state index in [4.69, 9.17) is 37.9 Å². The Bertz CT molecular complexity index is 1350. The molecule has 0 amide bonds. The van der Waals surface area contributed by atoms with Crippen LogP contribution in [0.25, 0.3) is 0 Å². The smallest absolute Gasteiger partial charge is 0.308 e. The summed E-state index contributed by atoms with van der Waals surface area (Å²) in [6, 6.07) is -0.772. The zero-order valence-electron chi connectivity index (χ0n) is 35.2. The first-order valence-corrected chi connectivity index (χ1v) is 20.1. The summed E-state index contributed by atoms with van der Waals surface area (Å²) in [6.45, 7) is 11.7.